The summed E-state index contributed by atoms with van der Waals surface area (Å²) in [5, 5.41) is 9.90. The maximum Gasteiger partial charge on any atom is 0.247 e. The van der Waals surface area contributed by atoms with Crippen LogP contribution < -0.4 is 0 Å². The number of rotatable bonds is 16. The summed E-state index contributed by atoms with van der Waals surface area (Å²) in [6.45, 7) is 12.6. The van der Waals surface area contributed by atoms with Crippen LogP contribution in [0.4, 0.5) is 0 Å². The number of carbonyl (C=O) groups excluding carboxylic acids is 3. The van der Waals surface area contributed by atoms with E-state index in [1.165, 1.54) is 0 Å². The van der Waals surface area contributed by atoms with Crippen LogP contribution in [0.15, 0.2) is 114 Å². The molecule has 316 valence electrons. The van der Waals surface area contributed by atoms with Crippen molar-refractivity contribution in [3.63, 3.8) is 0 Å². The fraction of sp³-hybridized carbons (Fsp3) is 0.380. The minimum absolute atomic E-state index is 0.0117. The van der Waals surface area contributed by atoms with Crippen LogP contribution in [0.3, 0.4) is 0 Å². The average Bonchev–Trinajstić information content (AvgIpc) is 4.14. The first-order valence-corrected chi connectivity index (χ1v) is 22.1. The Hall–Kier alpha value is -5.91. The van der Waals surface area contributed by atoms with Gasteiger partial charge in [-0.05, 0) is 104 Å². The molecular formula is C50H57N7O4. The van der Waals surface area contributed by atoms with Gasteiger partial charge in [0.15, 0.2) is 5.78 Å². The van der Waals surface area contributed by atoms with Gasteiger partial charge in [-0.1, -0.05) is 107 Å². The van der Waals surface area contributed by atoms with Crippen molar-refractivity contribution in [2.75, 3.05) is 39.3 Å². The van der Waals surface area contributed by atoms with Gasteiger partial charge in [0, 0.05) is 41.7 Å². The van der Waals surface area contributed by atoms with E-state index in [1.54, 1.807) is 0 Å². The van der Waals surface area contributed by atoms with Crippen molar-refractivity contribution >= 4 is 28.5 Å². The molecule has 4 aromatic carbocycles. The smallest absolute Gasteiger partial charge is 0.247 e. The van der Waals surface area contributed by atoms with Crippen LogP contribution in [0, 0.1) is 0 Å². The first kappa shape index (κ1) is 41.8. The van der Waals surface area contributed by atoms with Crippen LogP contribution in [-0.4, -0.2) is 97.7 Å². The van der Waals surface area contributed by atoms with E-state index in [1.807, 2.05) is 107 Å². The standard InChI is InChI=1S/C50H57N7O4/c1-5-54(6-2)45(36-17-11-9-12-18-36)49(59)56-29-15-21-42(56)44(58)32-34-23-28-40-39(31-34)33-41(51-40)35-24-26-38(27-25-35)47-52-53-48(61-47)43-22-16-30-57(43)50(60)46(55(7-3)8-4)37-19-13-10-14-20-37/h9-14,17-20,23-28,31,33,42-43,45-46,51H,5-8,15-16,21-22,29-30,32H2,1-4H3/t42-,43-,45?,46+/m0/s1. The Labute approximate surface area is 358 Å². The maximum absolute atomic E-state index is 14.2. The molecule has 2 aliphatic rings. The Morgan fingerprint density at radius 1 is 0.689 bits per heavy atom. The molecule has 0 spiro atoms. The molecule has 1 N–H and O–H groups in total. The first-order chi connectivity index (χ1) is 29.8. The Kier molecular flexibility index (Phi) is 12.9. The highest BCUT2D eigenvalue weighted by atomic mass is 16.4. The summed E-state index contributed by atoms with van der Waals surface area (Å²) in [4.78, 5) is 54.0. The molecule has 2 saturated heterocycles. The molecule has 11 heteroatoms. The fourth-order valence-corrected chi connectivity index (χ4v) is 9.48. The van der Waals surface area contributed by atoms with E-state index in [4.69, 9.17) is 4.42 Å². The third-order valence-corrected chi connectivity index (χ3v) is 12.7. The van der Waals surface area contributed by atoms with Gasteiger partial charge in [-0.2, -0.15) is 0 Å². The fourth-order valence-electron chi connectivity index (χ4n) is 9.48. The molecule has 1 unspecified atom stereocenters. The summed E-state index contributed by atoms with van der Waals surface area (Å²) < 4.78 is 6.29. The normalized spacial score (nSPS) is 17.7. The molecule has 0 bridgehead atoms. The largest absolute Gasteiger partial charge is 0.418 e. The van der Waals surface area contributed by atoms with Crippen molar-refractivity contribution < 1.29 is 18.8 Å². The van der Waals surface area contributed by atoms with Crippen molar-refractivity contribution in [1.29, 1.82) is 0 Å². The lowest BCUT2D eigenvalue weighted by Gasteiger charge is -2.34. The molecule has 4 atom stereocenters. The Morgan fingerprint density at radius 3 is 1.89 bits per heavy atom. The number of H-pyrrole nitrogens is 1. The number of likely N-dealkylation sites (N-methyl/N-ethyl adjacent to an activating group) is 2. The number of hydrogen-bond acceptors (Lipinski definition) is 8. The predicted molar refractivity (Wildman–Crippen MR) is 238 cm³/mol. The van der Waals surface area contributed by atoms with Gasteiger partial charge in [0.1, 0.15) is 18.1 Å². The zero-order chi connectivity index (χ0) is 42.5. The lowest BCUT2D eigenvalue weighted by molar-refractivity contribution is -0.142. The number of aromatic nitrogens is 3. The van der Waals surface area contributed by atoms with Gasteiger partial charge in [0.2, 0.25) is 23.6 Å². The number of amides is 2. The number of Topliss-reactive ketones (excluding diaryl/α,β-unsaturated/α-hetero) is 1. The van der Waals surface area contributed by atoms with E-state index in [9.17, 15) is 14.4 Å². The van der Waals surface area contributed by atoms with Crippen molar-refractivity contribution in [3.05, 3.63) is 132 Å². The highest BCUT2D eigenvalue weighted by Crippen LogP contribution is 2.37. The zero-order valence-electron chi connectivity index (χ0n) is 35.8. The van der Waals surface area contributed by atoms with Gasteiger partial charge in [-0.3, -0.25) is 24.2 Å². The van der Waals surface area contributed by atoms with Gasteiger partial charge in [0.05, 0.1) is 6.04 Å². The second kappa shape index (κ2) is 18.8. The topological polar surface area (TPSA) is 119 Å². The molecule has 2 amide bonds. The van der Waals surface area contributed by atoms with Gasteiger partial charge in [-0.15, -0.1) is 10.2 Å². The molecule has 6 aromatic rings. The first-order valence-electron chi connectivity index (χ1n) is 22.1. The number of nitrogens with one attached hydrogen (secondary N) is 1. The minimum Gasteiger partial charge on any atom is -0.418 e. The molecule has 11 nitrogen and oxygen atoms in total. The van der Waals surface area contributed by atoms with Crippen LogP contribution in [0.2, 0.25) is 0 Å². The van der Waals surface area contributed by atoms with Crippen LogP contribution in [0.5, 0.6) is 0 Å². The number of benzene rings is 4. The maximum atomic E-state index is 14.2. The van der Waals surface area contributed by atoms with E-state index >= 15 is 0 Å². The van der Waals surface area contributed by atoms with Gasteiger partial charge < -0.3 is 19.2 Å². The highest BCUT2D eigenvalue weighted by molar-refractivity contribution is 5.94. The van der Waals surface area contributed by atoms with Crippen LogP contribution >= 0.6 is 0 Å². The van der Waals surface area contributed by atoms with E-state index < -0.39 is 12.1 Å². The predicted octanol–water partition coefficient (Wildman–Crippen LogP) is 8.82. The second-order valence-corrected chi connectivity index (χ2v) is 16.2. The summed E-state index contributed by atoms with van der Waals surface area (Å²) in [6, 6.07) is 34.7. The number of carbonyl (C=O) groups is 3. The molecule has 8 rings (SSSR count). The lowest BCUT2D eigenvalue weighted by atomic mass is 9.99. The van der Waals surface area contributed by atoms with Crippen molar-refractivity contribution in [2.24, 2.45) is 0 Å². The third-order valence-electron chi connectivity index (χ3n) is 12.7. The summed E-state index contributed by atoms with van der Waals surface area (Å²) in [7, 11) is 0. The van der Waals surface area contributed by atoms with Crippen molar-refractivity contribution in [2.45, 2.75) is 84.0 Å². The molecule has 4 heterocycles. The summed E-state index contributed by atoms with van der Waals surface area (Å²) in [6.07, 6.45) is 3.42. The summed E-state index contributed by atoms with van der Waals surface area (Å²) in [5.41, 5.74) is 6.60. The van der Waals surface area contributed by atoms with Gasteiger partial charge >= 0.3 is 0 Å². The average molecular weight is 820 g/mol. The quantitative estimate of drug-likeness (QED) is 0.103. The number of aromatic amines is 1. The van der Waals surface area contributed by atoms with Crippen molar-refractivity contribution in [1.82, 2.24) is 34.8 Å². The highest BCUT2D eigenvalue weighted by Gasteiger charge is 2.40. The monoisotopic (exact) mass is 819 g/mol. The van der Waals surface area contributed by atoms with E-state index in [-0.39, 0.29) is 36.1 Å². The third kappa shape index (κ3) is 8.67. The van der Waals surface area contributed by atoms with Crippen LogP contribution in [-0.2, 0) is 20.8 Å². The van der Waals surface area contributed by atoms with E-state index in [0.29, 0.717) is 31.3 Å². The second-order valence-electron chi connectivity index (χ2n) is 16.2. The summed E-state index contributed by atoms with van der Waals surface area (Å²) >= 11 is 0. The van der Waals surface area contributed by atoms with Crippen LogP contribution in [0.25, 0.3) is 33.6 Å². The molecule has 2 aromatic heterocycles. The number of hydrogen-bond donors (Lipinski definition) is 1. The van der Waals surface area contributed by atoms with E-state index in [2.05, 4.69) is 64.8 Å². The van der Waals surface area contributed by atoms with Crippen molar-refractivity contribution in [3.8, 4) is 22.7 Å². The zero-order valence-corrected chi connectivity index (χ0v) is 35.8. The molecule has 0 aliphatic carbocycles. The molecule has 2 aliphatic heterocycles. The SMILES string of the molecule is CCN(CC)C(C(=O)N1CCC[C@H]1C(=O)Cc1ccc2[nH]c(-c3ccc(-c4nnc([C@@H]5CCCN5C(=O)[C@@H](c5ccccc5)N(CC)CC)o4)cc3)cc2c1)c1ccccc1. The molecule has 0 radical (unpaired) electrons. The van der Waals surface area contributed by atoms with E-state index in [0.717, 1.165) is 89.9 Å². The van der Waals surface area contributed by atoms with Crippen LogP contribution in [0.1, 0.15) is 94.1 Å². The number of nitrogens with zero attached hydrogens (tertiary/aromatic N) is 6. The Bertz CT molecular complexity index is 2420. The molecule has 0 saturated carbocycles. The molecular weight excluding hydrogens is 763 g/mol. The minimum atomic E-state index is -0.427. The van der Waals surface area contributed by atoms with Gasteiger partial charge in [-0.25, -0.2) is 0 Å². The summed E-state index contributed by atoms with van der Waals surface area (Å²) in [5.74, 6) is 1.04. The lowest BCUT2D eigenvalue weighted by Crippen LogP contribution is -2.47. The number of ketones is 1. The number of fused-ring (bicyclic) bond motifs is 1. The molecule has 2 fully saturated rings. The van der Waals surface area contributed by atoms with Gasteiger partial charge in [0.25, 0.3) is 0 Å². The Morgan fingerprint density at radius 2 is 1.26 bits per heavy atom. The number of likely N-dealkylation sites (tertiary alicyclic amines) is 2. The molecule has 61 heavy (non-hydrogen) atoms. The Balaban J connectivity index is 0.939.